The number of aromatic nitrogens is 4. The summed E-state index contributed by atoms with van der Waals surface area (Å²) < 4.78 is 0. The third kappa shape index (κ3) is 12.2. The molecule has 11 nitrogen and oxygen atoms in total. The predicted molar refractivity (Wildman–Crippen MR) is 280 cm³/mol. The summed E-state index contributed by atoms with van der Waals surface area (Å²) in [5.41, 5.74) is 7.24. The minimum atomic E-state index is 0. The van der Waals surface area contributed by atoms with E-state index in [0.29, 0.717) is 12.1 Å². The Morgan fingerprint density at radius 1 is 0.554 bits per heavy atom. The van der Waals surface area contributed by atoms with E-state index in [4.69, 9.17) is 19.9 Å². The van der Waals surface area contributed by atoms with Crippen LogP contribution in [-0.4, -0.2) is 110 Å². The molecule has 0 saturated carbocycles. The van der Waals surface area contributed by atoms with Crippen LogP contribution in [0.3, 0.4) is 0 Å². The fourth-order valence-electron chi connectivity index (χ4n) is 8.82. The van der Waals surface area contributed by atoms with Crippen LogP contribution >= 0.6 is 72.3 Å². The molecule has 4 N–H and O–H groups in total. The molecule has 2 saturated heterocycles. The number of pyridine rings is 2. The molecule has 10 rings (SSSR count). The number of likely N-dealkylation sites (N-methyl/N-ethyl adjacent to an activating group) is 2. The zero-order chi connectivity index (χ0) is 41.0. The first-order valence-electron chi connectivity index (χ1n) is 21.2. The van der Waals surface area contributed by atoms with E-state index in [9.17, 15) is 0 Å². The molecule has 4 aliphatic rings. The van der Waals surface area contributed by atoms with Gasteiger partial charge in [-0.15, -0.1) is 72.3 Å². The number of hydrogen-bond acceptors (Lipinski definition) is 12. The van der Waals surface area contributed by atoms with E-state index < -0.39 is 0 Å². The Morgan fingerprint density at radius 2 is 0.954 bits per heavy atom. The van der Waals surface area contributed by atoms with Crippen LogP contribution in [0.2, 0.25) is 0 Å². The quantitative estimate of drug-likeness (QED) is 0.197. The first-order chi connectivity index (χ1) is 29.4. The van der Waals surface area contributed by atoms with Crippen LogP contribution in [0, 0.1) is 13.8 Å². The highest BCUT2D eigenvalue weighted by molar-refractivity contribution is 7.16. The van der Waals surface area contributed by atoms with Crippen LogP contribution in [0.25, 0.3) is 23.8 Å². The van der Waals surface area contributed by atoms with E-state index in [0.717, 1.165) is 117 Å². The number of halogens is 4. The van der Waals surface area contributed by atoms with Gasteiger partial charge < -0.3 is 25.9 Å². The van der Waals surface area contributed by atoms with E-state index in [1.807, 2.05) is 24.5 Å². The zero-order valence-electron chi connectivity index (χ0n) is 37.1. The van der Waals surface area contributed by atoms with Crippen LogP contribution in [0.1, 0.15) is 45.4 Å². The number of fused-ring (bicyclic) bond motifs is 4. The van der Waals surface area contributed by atoms with Crippen molar-refractivity contribution in [2.45, 2.75) is 51.6 Å². The molecule has 0 bridgehead atoms. The van der Waals surface area contributed by atoms with Crippen LogP contribution in [-0.2, 0) is 12.8 Å². The van der Waals surface area contributed by atoms with Crippen molar-refractivity contribution < 1.29 is 5.48 Å². The monoisotopic (exact) mass is 996 g/mol. The lowest BCUT2D eigenvalue weighted by atomic mass is 10.0. The molecular formula is C48H60Cl4N10OS2. The minimum Gasteiger partial charge on any atom is -0.412 e. The molecule has 6 aromatic rings. The Hall–Kier alpha value is -4.28. The number of hydrogen-bond donors (Lipinski definition) is 2. The summed E-state index contributed by atoms with van der Waals surface area (Å²) in [6.45, 7) is 10.2. The molecule has 4 aromatic heterocycles. The van der Waals surface area contributed by atoms with E-state index >= 15 is 0 Å². The van der Waals surface area contributed by atoms with Gasteiger partial charge in [0.15, 0.2) is 0 Å². The number of thiazole rings is 2. The highest BCUT2D eigenvalue weighted by atomic mass is 35.5. The van der Waals surface area contributed by atoms with Crippen molar-refractivity contribution in [3.8, 4) is 0 Å². The SMILES string of the molecule is Cc1nc2c(s1)NC=c1cccnc1=C2N1CCN(C)C(CCc2ccccc2)C1.Cc1nc2c(s1)NC=c1cccnc1=C2N1CCN(C)C(CCc2ccccc2)C1.Cl.Cl.Cl.Cl.O. The molecule has 2 aromatic carbocycles. The number of piperazine rings is 2. The average molecular weight is 999 g/mol. The van der Waals surface area contributed by atoms with E-state index in [-0.39, 0.29) is 55.1 Å². The third-order valence-corrected chi connectivity index (χ3v) is 14.0. The summed E-state index contributed by atoms with van der Waals surface area (Å²) in [7, 11) is 4.51. The van der Waals surface area contributed by atoms with Gasteiger partial charge in [0, 0.05) is 86.6 Å². The second-order valence-electron chi connectivity index (χ2n) is 16.2. The molecule has 0 spiro atoms. The van der Waals surface area contributed by atoms with Gasteiger partial charge in [-0.3, -0.25) is 19.8 Å². The van der Waals surface area contributed by atoms with Gasteiger partial charge in [-0.05, 0) is 89.0 Å². The van der Waals surface area contributed by atoms with Gasteiger partial charge in [-0.25, -0.2) is 9.97 Å². The van der Waals surface area contributed by atoms with Crippen LogP contribution in [0.15, 0.2) is 97.3 Å². The molecule has 2 atom stereocenters. The summed E-state index contributed by atoms with van der Waals surface area (Å²) in [6, 6.07) is 30.9. The molecule has 0 amide bonds. The van der Waals surface area contributed by atoms with Crippen LogP contribution in [0.4, 0.5) is 10.0 Å². The van der Waals surface area contributed by atoms with Crippen molar-refractivity contribution in [2.24, 2.45) is 0 Å². The minimum absolute atomic E-state index is 0. The second-order valence-corrected chi connectivity index (χ2v) is 18.6. The Kier molecular flexibility index (Phi) is 20.1. The number of benzene rings is 2. The van der Waals surface area contributed by atoms with Crippen molar-refractivity contribution >= 4 is 106 Å². The maximum absolute atomic E-state index is 4.91. The molecule has 8 heterocycles. The number of nitrogens with zero attached hydrogens (tertiary/aromatic N) is 8. The van der Waals surface area contributed by atoms with E-state index in [2.05, 4.69) is 143 Å². The van der Waals surface area contributed by atoms with Crippen molar-refractivity contribution in [2.75, 3.05) is 64.0 Å². The number of anilines is 2. The Balaban J connectivity index is 0.000000264. The average Bonchev–Trinajstić information content (AvgIpc) is 3.74. The standard InChI is InChI=1S/2C24H27N5S.4ClH.H2O/c2*1-17-27-22-23(21-19(9-6-12-25-21)15-26-24(22)30-17)29-14-13-28(2)20(16-29)11-10-18-7-4-3-5-8-18;;;;;/h2*3-9,12,15,20,26H,10-11,13-14,16H2,1-2H3;4*1H;1H2. The summed E-state index contributed by atoms with van der Waals surface area (Å²) in [5, 5.41) is 15.6. The number of rotatable bonds is 8. The van der Waals surface area contributed by atoms with Gasteiger partial charge in [0.25, 0.3) is 0 Å². The number of aryl methyl sites for hydroxylation is 4. The lowest BCUT2D eigenvalue weighted by Gasteiger charge is -2.41. The van der Waals surface area contributed by atoms with Crippen LogP contribution < -0.4 is 31.8 Å². The van der Waals surface area contributed by atoms with Crippen molar-refractivity contribution in [3.05, 3.63) is 151 Å². The molecule has 0 radical (unpaired) electrons. The van der Waals surface area contributed by atoms with Crippen LogP contribution in [0.5, 0.6) is 0 Å². The van der Waals surface area contributed by atoms with Gasteiger partial charge in [-0.2, -0.15) is 0 Å². The first-order valence-corrected chi connectivity index (χ1v) is 22.8. The molecule has 348 valence electrons. The first kappa shape index (κ1) is 53.3. The van der Waals surface area contributed by atoms with Gasteiger partial charge in [0.2, 0.25) is 0 Å². The molecule has 65 heavy (non-hydrogen) atoms. The summed E-state index contributed by atoms with van der Waals surface area (Å²) in [5.74, 6) is 0. The third-order valence-electron chi connectivity index (χ3n) is 12.2. The highest BCUT2D eigenvalue weighted by Crippen LogP contribution is 2.34. The van der Waals surface area contributed by atoms with Gasteiger partial charge in [-0.1, -0.05) is 60.7 Å². The maximum atomic E-state index is 4.91. The molecule has 2 unspecified atom stereocenters. The lowest BCUT2D eigenvalue weighted by molar-refractivity contribution is 0.127. The molecular weight excluding hydrogens is 939 g/mol. The Labute approximate surface area is 415 Å². The molecule has 0 aliphatic carbocycles. The summed E-state index contributed by atoms with van der Waals surface area (Å²) in [6.07, 6.45) is 12.4. The smallest absolute Gasteiger partial charge is 0.124 e. The van der Waals surface area contributed by atoms with E-state index in [1.165, 1.54) is 22.5 Å². The Morgan fingerprint density at radius 3 is 1.35 bits per heavy atom. The van der Waals surface area contributed by atoms with Crippen molar-refractivity contribution in [1.29, 1.82) is 0 Å². The van der Waals surface area contributed by atoms with Gasteiger partial charge in [0.05, 0.1) is 32.1 Å². The fourth-order valence-corrected chi connectivity index (χ4v) is 10.4. The Bertz CT molecular complexity index is 2520. The largest absolute Gasteiger partial charge is 0.412 e. The van der Waals surface area contributed by atoms with Gasteiger partial charge in [0.1, 0.15) is 21.4 Å². The lowest BCUT2D eigenvalue weighted by Crippen LogP contribution is -2.52. The van der Waals surface area contributed by atoms with E-state index in [1.54, 1.807) is 22.7 Å². The topological polar surface area (TPSA) is 120 Å². The maximum Gasteiger partial charge on any atom is 0.124 e. The second kappa shape index (κ2) is 24.5. The molecule has 2 fully saturated rings. The summed E-state index contributed by atoms with van der Waals surface area (Å²) in [4.78, 5) is 29.4. The zero-order valence-corrected chi connectivity index (χ0v) is 42.0. The predicted octanol–water partition coefficient (Wildman–Crippen LogP) is 5.69. The van der Waals surface area contributed by atoms with Crippen molar-refractivity contribution in [3.63, 3.8) is 0 Å². The number of nitrogens with one attached hydrogen (secondary N) is 2. The van der Waals surface area contributed by atoms with Gasteiger partial charge >= 0.3 is 0 Å². The normalized spacial score (nSPS) is 17.4. The van der Waals surface area contributed by atoms with Crippen molar-refractivity contribution in [1.82, 2.24) is 39.5 Å². The highest BCUT2D eigenvalue weighted by Gasteiger charge is 2.31. The fraction of sp³-hybridized carbons (Fsp3) is 0.333. The molecule has 4 aliphatic heterocycles. The molecule has 17 heteroatoms. The summed E-state index contributed by atoms with van der Waals surface area (Å²) >= 11 is 3.42.